The molecule has 25 heavy (non-hydrogen) atoms. The van der Waals surface area contributed by atoms with Crippen LogP contribution < -0.4 is 10.6 Å². The fourth-order valence-corrected chi connectivity index (χ4v) is 3.10. The van der Waals surface area contributed by atoms with E-state index in [0.717, 1.165) is 0 Å². The van der Waals surface area contributed by atoms with Crippen LogP contribution >= 0.6 is 0 Å². The van der Waals surface area contributed by atoms with Crippen LogP contribution in [0.2, 0.25) is 0 Å². The third-order valence-corrected chi connectivity index (χ3v) is 4.19. The van der Waals surface area contributed by atoms with Gasteiger partial charge in [-0.2, -0.15) is 0 Å². The molecule has 0 aliphatic heterocycles. The van der Waals surface area contributed by atoms with Gasteiger partial charge in [0.15, 0.2) is 0 Å². The lowest BCUT2D eigenvalue weighted by Crippen LogP contribution is -2.34. The second kappa shape index (κ2) is 7.81. The number of fused-ring (bicyclic) bond motifs is 3. The minimum atomic E-state index is -0.929. The SMILES string of the molecule is O=C(O)CNCCNC(=O)OCC1c2ccccc2-c2ccccc21. The molecule has 2 aromatic rings. The van der Waals surface area contributed by atoms with Crippen LogP contribution in [0.4, 0.5) is 4.79 Å². The molecule has 0 radical (unpaired) electrons. The molecule has 0 spiro atoms. The van der Waals surface area contributed by atoms with Gasteiger partial charge < -0.3 is 20.5 Å². The molecule has 0 bridgehead atoms. The van der Waals surface area contributed by atoms with E-state index < -0.39 is 12.1 Å². The van der Waals surface area contributed by atoms with Crippen molar-refractivity contribution in [1.82, 2.24) is 10.6 Å². The molecular formula is C19H20N2O4. The van der Waals surface area contributed by atoms with Gasteiger partial charge in [-0.05, 0) is 22.3 Å². The first-order valence-corrected chi connectivity index (χ1v) is 8.18. The zero-order chi connectivity index (χ0) is 17.6. The van der Waals surface area contributed by atoms with Crippen molar-refractivity contribution in [3.8, 4) is 11.1 Å². The molecule has 130 valence electrons. The standard InChI is InChI=1S/C19H20N2O4/c22-18(23)11-20-9-10-21-19(24)25-12-17-15-7-3-1-5-13(15)14-6-2-4-8-16(14)17/h1-8,17,20H,9-12H2,(H,21,24)(H,22,23). The van der Waals surface area contributed by atoms with Crippen molar-refractivity contribution in [2.75, 3.05) is 26.2 Å². The van der Waals surface area contributed by atoms with Gasteiger partial charge >= 0.3 is 12.1 Å². The Bertz CT molecular complexity index is 730. The Balaban J connectivity index is 1.55. The van der Waals surface area contributed by atoms with Crippen molar-refractivity contribution in [2.24, 2.45) is 0 Å². The minimum Gasteiger partial charge on any atom is -0.480 e. The lowest BCUT2D eigenvalue weighted by atomic mass is 9.98. The molecule has 0 atom stereocenters. The Morgan fingerprint density at radius 1 is 0.960 bits per heavy atom. The molecular weight excluding hydrogens is 320 g/mol. The Morgan fingerprint density at radius 2 is 1.56 bits per heavy atom. The normalized spacial score (nSPS) is 12.3. The summed E-state index contributed by atoms with van der Waals surface area (Å²) in [6.07, 6.45) is -0.501. The number of carbonyl (C=O) groups excluding carboxylic acids is 1. The van der Waals surface area contributed by atoms with E-state index >= 15 is 0 Å². The van der Waals surface area contributed by atoms with Gasteiger partial charge in [-0.1, -0.05) is 48.5 Å². The summed E-state index contributed by atoms with van der Waals surface area (Å²) in [5.41, 5.74) is 4.70. The molecule has 0 heterocycles. The number of hydrogen-bond donors (Lipinski definition) is 3. The summed E-state index contributed by atoms with van der Waals surface area (Å²) >= 11 is 0. The van der Waals surface area contributed by atoms with Crippen LogP contribution in [0.15, 0.2) is 48.5 Å². The van der Waals surface area contributed by atoms with E-state index in [9.17, 15) is 9.59 Å². The van der Waals surface area contributed by atoms with Gasteiger partial charge in [-0.15, -0.1) is 0 Å². The largest absolute Gasteiger partial charge is 0.480 e. The molecule has 0 saturated heterocycles. The first-order chi connectivity index (χ1) is 12.2. The smallest absolute Gasteiger partial charge is 0.407 e. The minimum absolute atomic E-state index is 0.0308. The van der Waals surface area contributed by atoms with Crippen LogP contribution in [0.3, 0.4) is 0 Å². The quantitative estimate of drug-likeness (QED) is 0.673. The summed E-state index contributed by atoms with van der Waals surface area (Å²) in [6, 6.07) is 16.3. The summed E-state index contributed by atoms with van der Waals surface area (Å²) in [5, 5.41) is 13.8. The highest BCUT2D eigenvalue weighted by Crippen LogP contribution is 2.44. The van der Waals surface area contributed by atoms with Crippen molar-refractivity contribution in [1.29, 1.82) is 0 Å². The van der Waals surface area contributed by atoms with E-state index in [1.165, 1.54) is 22.3 Å². The molecule has 0 unspecified atom stereocenters. The predicted octanol–water partition coefficient (Wildman–Crippen LogP) is 2.20. The van der Waals surface area contributed by atoms with Crippen molar-refractivity contribution in [2.45, 2.75) is 5.92 Å². The number of alkyl carbamates (subject to hydrolysis) is 1. The number of carboxylic acid groups (broad SMARTS) is 1. The highest BCUT2D eigenvalue weighted by Gasteiger charge is 2.28. The number of rotatable bonds is 7. The highest BCUT2D eigenvalue weighted by atomic mass is 16.5. The van der Waals surface area contributed by atoms with Crippen molar-refractivity contribution in [3.63, 3.8) is 0 Å². The maximum atomic E-state index is 11.8. The molecule has 6 heteroatoms. The number of carboxylic acids is 1. The second-order valence-electron chi connectivity index (χ2n) is 5.82. The number of carbonyl (C=O) groups is 2. The summed E-state index contributed by atoms with van der Waals surface area (Å²) in [4.78, 5) is 22.2. The first-order valence-electron chi connectivity index (χ1n) is 8.18. The number of ether oxygens (including phenoxy) is 1. The molecule has 2 aromatic carbocycles. The lowest BCUT2D eigenvalue weighted by molar-refractivity contribution is -0.135. The average Bonchev–Trinajstić information content (AvgIpc) is 2.93. The van der Waals surface area contributed by atoms with Crippen LogP contribution in [-0.4, -0.2) is 43.4 Å². The first kappa shape index (κ1) is 17.0. The third kappa shape index (κ3) is 3.97. The molecule has 1 aliphatic rings. The summed E-state index contributed by atoms with van der Waals surface area (Å²) < 4.78 is 5.37. The van der Waals surface area contributed by atoms with Crippen molar-refractivity contribution in [3.05, 3.63) is 59.7 Å². The fraction of sp³-hybridized carbons (Fsp3) is 0.263. The number of hydrogen-bond acceptors (Lipinski definition) is 4. The second-order valence-corrected chi connectivity index (χ2v) is 5.82. The van der Waals surface area contributed by atoms with E-state index in [1.54, 1.807) is 0 Å². The molecule has 6 nitrogen and oxygen atoms in total. The van der Waals surface area contributed by atoms with E-state index in [0.29, 0.717) is 13.1 Å². The third-order valence-electron chi connectivity index (χ3n) is 4.19. The maximum Gasteiger partial charge on any atom is 0.407 e. The van der Waals surface area contributed by atoms with Gasteiger partial charge in [0.25, 0.3) is 0 Å². The van der Waals surface area contributed by atoms with Crippen LogP contribution in [0.5, 0.6) is 0 Å². The zero-order valence-electron chi connectivity index (χ0n) is 13.7. The Hall–Kier alpha value is -2.86. The molecule has 1 aliphatic carbocycles. The molecule has 3 N–H and O–H groups in total. The highest BCUT2D eigenvalue weighted by molar-refractivity contribution is 5.79. The number of amides is 1. The van der Waals surface area contributed by atoms with Crippen molar-refractivity contribution >= 4 is 12.1 Å². The monoisotopic (exact) mass is 340 g/mol. The summed E-state index contributed by atoms with van der Waals surface area (Å²) in [6.45, 7) is 0.815. The van der Waals surface area contributed by atoms with Gasteiger partial charge in [-0.25, -0.2) is 4.79 Å². The van der Waals surface area contributed by atoms with Crippen LogP contribution in [0.25, 0.3) is 11.1 Å². The van der Waals surface area contributed by atoms with Gasteiger partial charge in [0, 0.05) is 19.0 Å². The summed E-state index contributed by atoms with van der Waals surface area (Å²) in [7, 11) is 0. The molecule has 0 aromatic heterocycles. The summed E-state index contributed by atoms with van der Waals surface area (Å²) in [5.74, 6) is -0.899. The topological polar surface area (TPSA) is 87.7 Å². The molecule has 3 rings (SSSR count). The van der Waals surface area contributed by atoms with Gasteiger partial charge in [0.1, 0.15) is 6.61 Å². The number of aliphatic carboxylic acids is 1. The van der Waals surface area contributed by atoms with Gasteiger partial charge in [-0.3, -0.25) is 4.79 Å². The van der Waals surface area contributed by atoms with Crippen molar-refractivity contribution < 1.29 is 19.4 Å². The molecule has 0 saturated carbocycles. The van der Waals surface area contributed by atoms with Crippen LogP contribution in [0.1, 0.15) is 17.0 Å². The number of benzene rings is 2. The predicted molar refractivity (Wildman–Crippen MR) is 93.6 cm³/mol. The van der Waals surface area contributed by atoms with Gasteiger partial charge in [0.05, 0.1) is 6.54 Å². The number of nitrogens with one attached hydrogen (secondary N) is 2. The average molecular weight is 340 g/mol. The van der Waals surface area contributed by atoms with Crippen LogP contribution in [0, 0.1) is 0 Å². The van der Waals surface area contributed by atoms with Gasteiger partial charge in [0.2, 0.25) is 0 Å². The zero-order valence-corrected chi connectivity index (χ0v) is 13.7. The molecule has 0 fully saturated rings. The Labute approximate surface area is 145 Å². The van der Waals surface area contributed by atoms with E-state index in [2.05, 4.69) is 34.9 Å². The fourth-order valence-electron chi connectivity index (χ4n) is 3.10. The lowest BCUT2D eigenvalue weighted by Gasteiger charge is -2.14. The Morgan fingerprint density at radius 3 is 2.16 bits per heavy atom. The van der Waals surface area contributed by atoms with E-state index in [4.69, 9.17) is 9.84 Å². The van der Waals surface area contributed by atoms with E-state index in [1.807, 2.05) is 24.3 Å². The Kier molecular flexibility index (Phi) is 5.30. The van der Waals surface area contributed by atoms with E-state index in [-0.39, 0.29) is 19.1 Å². The maximum absolute atomic E-state index is 11.8. The molecule has 1 amide bonds. The van der Waals surface area contributed by atoms with Crippen LogP contribution in [-0.2, 0) is 9.53 Å².